The van der Waals surface area contributed by atoms with Crippen LogP contribution in [0.1, 0.15) is 12.8 Å². The van der Waals surface area contributed by atoms with Crippen molar-refractivity contribution in [3.63, 3.8) is 0 Å². The van der Waals surface area contributed by atoms with Crippen LogP contribution in [0.5, 0.6) is 0 Å². The van der Waals surface area contributed by atoms with Gasteiger partial charge in [0.25, 0.3) is 0 Å². The van der Waals surface area contributed by atoms with Crippen molar-refractivity contribution < 1.29 is 8.42 Å². The van der Waals surface area contributed by atoms with E-state index in [-0.39, 0.29) is 0 Å². The van der Waals surface area contributed by atoms with Crippen LogP contribution in [0.15, 0.2) is 40.6 Å². The first-order chi connectivity index (χ1) is 12.5. The molecule has 3 heterocycles. The second kappa shape index (κ2) is 6.94. The molecule has 2 N–H and O–H groups in total. The van der Waals surface area contributed by atoms with Crippen molar-refractivity contribution in [3.8, 4) is 11.4 Å². The molecule has 0 unspecified atom stereocenters. The summed E-state index contributed by atoms with van der Waals surface area (Å²) in [4.78, 5) is 9.69. The summed E-state index contributed by atoms with van der Waals surface area (Å²) in [5.41, 5.74) is 1.71. The van der Waals surface area contributed by atoms with Crippen molar-refractivity contribution in [2.45, 2.75) is 23.8 Å². The number of thiophene rings is 1. The molecule has 0 radical (unpaired) electrons. The first-order valence-corrected chi connectivity index (χ1v) is 11.3. The van der Waals surface area contributed by atoms with Gasteiger partial charge in [-0.3, -0.25) is 0 Å². The molecule has 8 heteroatoms. The molecule has 1 fully saturated rings. The highest BCUT2D eigenvalue weighted by atomic mass is 32.2. The van der Waals surface area contributed by atoms with Gasteiger partial charge in [-0.25, -0.2) is 18.4 Å². The van der Waals surface area contributed by atoms with Gasteiger partial charge in [-0.2, -0.15) is 0 Å². The monoisotopic (exact) mass is 388 g/mol. The average molecular weight is 389 g/mol. The lowest BCUT2D eigenvalue weighted by atomic mass is 10.1. The van der Waals surface area contributed by atoms with E-state index in [2.05, 4.69) is 15.6 Å². The molecular formula is C18H20N4O2S2. The van der Waals surface area contributed by atoms with Gasteiger partial charge in [-0.15, -0.1) is 11.3 Å². The SMILES string of the molecule is CS(=O)(=O)c1ccc(-c2nc(NC3CCNCC3)c3sccc3n2)cc1. The number of nitrogens with zero attached hydrogens (tertiary/aromatic N) is 2. The van der Waals surface area contributed by atoms with E-state index >= 15 is 0 Å². The molecule has 1 saturated heterocycles. The van der Waals surface area contributed by atoms with Gasteiger partial charge in [0, 0.05) is 17.9 Å². The summed E-state index contributed by atoms with van der Waals surface area (Å²) in [7, 11) is -3.21. The Hall–Kier alpha value is -2.03. The number of sulfone groups is 1. The number of nitrogens with one attached hydrogen (secondary N) is 2. The van der Waals surface area contributed by atoms with Gasteiger partial charge in [0.2, 0.25) is 0 Å². The zero-order chi connectivity index (χ0) is 18.1. The molecule has 136 valence electrons. The van der Waals surface area contributed by atoms with Crippen LogP contribution in [0.4, 0.5) is 5.82 Å². The number of fused-ring (bicyclic) bond motifs is 1. The Bertz CT molecular complexity index is 1020. The molecule has 0 amide bonds. The Morgan fingerprint density at radius 1 is 1.12 bits per heavy atom. The molecule has 1 aliphatic heterocycles. The summed E-state index contributed by atoms with van der Waals surface area (Å²) in [5, 5.41) is 8.96. The fraction of sp³-hybridized carbons (Fsp3) is 0.333. The Morgan fingerprint density at radius 2 is 1.85 bits per heavy atom. The van der Waals surface area contributed by atoms with Gasteiger partial charge in [0.1, 0.15) is 5.82 Å². The van der Waals surface area contributed by atoms with Crippen LogP contribution in [0.25, 0.3) is 21.6 Å². The lowest BCUT2D eigenvalue weighted by Gasteiger charge is -2.24. The number of benzene rings is 1. The third-order valence-corrected chi connectivity index (χ3v) is 6.56. The van der Waals surface area contributed by atoms with Crippen molar-refractivity contribution >= 4 is 37.2 Å². The summed E-state index contributed by atoms with van der Waals surface area (Å²) in [6.45, 7) is 2.02. The van der Waals surface area contributed by atoms with E-state index in [1.54, 1.807) is 35.6 Å². The van der Waals surface area contributed by atoms with E-state index in [0.717, 1.165) is 47.5 Å². The summed E-state index contributed by atoms with van der Waals surface area (Å²) in [6, 6.07) is 9.12. The first-order valence-electron chi connectivity index (χ1n) is 8.54. The highest BCUT2D eigenvalue weighted by molar-refractivity contribution is 7.90. The van der Waals surface area contributed by atoms with Gasteiger partial charge in [0.05, 0.1) is 15.1 Å². The quantitative estimate of drug-likeness (QED) is 0.715. The van der Waals surface area contributed by atoms with Crippen molar-refractivity contribution in [3.05, 3.63) is 35.7 Å². The van der Waals surface area contributed by atoms with E-state index in [0.29, 0.717) is 16.8 Å². The minimum absolute atomic E-state index is 0.297. The minimum Gasteiger partial charge on any atom is -0.366 e. The first kappa shape index (κ1) is 17.4. The lowest BCUT2D eigenvalue weighted by Crippen LogP contribution is -2.35. The van der Waals surface area contributed by atoms with Crippen molar-refractivity contribution in [1.82, 2.24) is 15.3 Å². The van der Waals surface area contributed by atoms with Crippen molar-refractivity contribution in [2.75, 3.05) is 24.7 Å². The molecule has 26 heavy (non-hydrogen) atoms. The molecule has 2 aromatic heterocycles. The maximum atomic E-state index is 11.7. The van der Waals surface area contributed by atoms with E-state index in [1.165, 1.54) is 6.26 Å². The third-order valence-electron chi connectivity index (χ3n) is 4.52. The van der Waals surface area contributed by atoms with Crippen molar-refractivity contribution in [2.24, 2.45) is 0 Å². The van der Waals surface area contributed by atoms with Crippen LogP contribution < -0.4 is 10.6 Å². The number of aromatic nitrogens is 2. The highest BCUT2D eigenvalue weighted by Crippen LogP contribution is 2.30. The molecule has 4 rings (SSSR count). The summed E-state index contributed by atoms with van der Waals surface area (Å²) in [5.74, 6) is 1.46. The lowest BCUT2D eigenvalue weighted by molar-refractivity contribution is 0.478. The predicted molar refractivity (Wildman–Crippen MR) is 105 cm³/mol. The Morgan fingerprint density at radius 3 is 2.54 bits per heavy atom. The zero-order valence-electron chi connectivity index (χ0n) is 14.4. The largest absolute Gasteiger partial charge is 0.366 e. The summed E-state index contributed by atoms with van der Waals surface area (Å²) >= 11 is 1.63. The number of piperidine rings is 1. The van der Waals surface area contributed by atoms with Crippen molar-refractivity contribution in [1.29, 1.82) is 0 Å². The predicted octanol–water partition coefficient (Wildman–Crippen LogP) is 2.93. The van der Waals surface area contributed by atoms with Gasteiger partial charge in [-0.1, -0.05) is 0 Å². The van der Waals surface area contributed by atoms with Crippen LogP contribution in [0.2, 0.25) is 0 Å². The average Bonchev–Trinajstić information content (AvgIpc) is 3.11. The number of anilines is 1. The van der Waals surface area contributed by atoms with Gasteiger partial charge in [-0.05, 0) is 61.6 Å². The molecule has 0 atom stereocenters. The third kappa shape index (κ3) is 3.58. The molecule has 0 aliphatic carbocycles. The zero-order valence-corrected chi connectivity index (χ0v) is 16.0. The maximum Gasteiger partial charge on any atom is 0.175 e. The van der Waals surface area contributed by atoms with Gasteiger partial charge >= 0.3 is 0 Å². The molecular weight excluding hydrogens is 368 g/mol. The number of hydrogen-bond donors (Lipinski definition) is 2. The minimum atomic E-state index is -3.21. The second-order valence-corrected chi connectivity index (χ2v) is 9.43. The maximum absolute atomic E-state index is 11.7. The summed E-state index contributed by atoms with van der Waals surface area (Å²) < 4.78 is 24.4. The molecule has 0 spiro atoms. The fourth-order valence-electron chi connectivity index (χ4n) is 3.10. The number of hydrogen-bond acceptors (Lipinski definition) is 7. The van der Waals surface area contributed by atoms with Crippen LogP contribution in [-0.2, 0) is 9.84 Å². The molecule has 0 saturated carbocycles. The van der Waals surface area contributed by atoms with Gasteiger partial charge in [0.15, 0.2) is 15.7 Å². The second-order valence-electron chi connectivity index (χ2n) is 6.50. The standard InChI is InChI=1S/C18H20N4O2S2/c1-26(23,24)14-4-2-12(3-5-14)17-21-15-8-11-25-16(15)18(22-17)20-13-6-9-19-10-7-13/h2-5,8,11,13,19H,6-7,9-10H2,1H3,(H,20,21,22). The Labute approximate surface area is 156 Å². The highest BCUT2D eigenvalue weighted by Gasteiger charge is 2.17. The van der Waals surface area contributed by atoms with Crippen LogP contribution in [0, 0.1) is 0 Å². The summed E-state index contributed by atoms with van der Waals surface area (Å²) in [6.07, 6.45) is 3.33. The smallest absolute Gasteiger partial charge is 0.175 e. The Kier molecular flexibility index (Phi) is 4.64. The van der Waals surface area contributed by atoms with Crippen LogP contribution in [-0.4, -0.2) is 43.8 Å². The van der Waals surface area contributed by atoms with Crippen LogP contribution in [0.3, 0.4) is 0 Å². The normalized spacial score (nSPS) is 16.0. The topological polar surface area (TPSA) is 84.0 Å². The number of rotatable bonds is 4. The van der Waals surface area contributed by atoms with E-state index in [1.807, 2.05) is 11.4 Å². The molecule has 1 aromatic carbocycles. The molecule has 1 aliphatic rings. The fourth-order valence-corrected chi connectivity index (χ4v) is 4.52. The Balaban J connectivity index is 1.71. The van der Waals surface area contributed by atoms with Gasteiger partial charge < -0.3 is 10.6 Å². The molecule has 3 aromatic rings. The molecule has 0 bridgehead atoms. The van der Waals surface area contributed by atoms with E-state index in [4.69, 9.17) is 4.98 Å². The van der Waals surface area contributed by atoms with Crippen LogP contribution >= 0.6 is 11.3 Å². The van der Waals surface area contributed by atoms with E-state index in [9.17, 15) is 8.42 Å². The molecule has 6 nitrogen and oxygen atoms in total. The van der Waals surface area contributed by atoms with E-state index < -0.39 is 9.84 Å².